The number of nitrogens with zero attached hydrogens (tertiary/aromatic N) is 1. The largest absolute Gasteiger partial charge is 0.497 e. The van der Waals surface area contributed by atoms with Crippen LogP contribution in [0.3, 0.4) is 0 Å². The fourth-order valence-corrected chi connectivity index (χ4v) is 2.88. The SMILES string of the molecule is COc1ccc(COc2ccc(C=NNC(=O)CC(=O)Nc3cccc(C(F)(F)F)c3)cc2)cc1. The molecule has 0 atom stereocenters. The second-order valence-corrected chi connectivity index (χ2v) is 7.30. The molecule has 0 saturated carbocycles. The van der Waals surface area contributed by atoms with Crippen molar-refractivity contribution in [2.24, 2.45) is 5.10 Å². The van der Waals surface area contributed by atoms with Crippen LogP contribution in [0.5, 0.6) is 11.5 Å². The zero-order valence-electron chi connectivity index (χ0n) is 18.6. The van der Waals surface area contributed by atoms with Crippen molar-refractivity contribution in [3.63, 3.8) is 0 Å². The number of hydrazone groups is 1. The summed E-state index contributed by atoms with van der Waals surface area (Å²) in [5.41, 5.74) is 2.90. The lowest BCUT2D eigenvalue weighted by Crippen LogP contribution is -2.24. The summed E-state index contributed by atoms with van der Waals surface area (Å²) in [5.74, 6) is -0.0744. The van der Waals surface area contributed by atoms with Gasteiger partial charge in [0.25, 0.3) is 0 Å². The summed E-state index contributed by atoms with van der Waals surface area (Å²) in [6.45, 7) is 0.385. The third kappa shape index (κ3) is 8.18. The number of halogens is 3. The Bertz CT molecular complexity index is 1180. The van der Waals surface area contributed by atoms with E-state index in [4.69, 9.17) is 9.47 Å². The third-order valence-electron chi connectivity index (χ3n) is 4.64. The highest BCUT2D eigenvalue weighted by molar-refractivity contribution is 6.03. The number of hydrogen-bond acceptors (Lipinski definition) is 5. The van der Waals surface area contributed by atoms with E-state index in [9.17, 15) is 22.8 Å². The summed E-state index contributed by atoms with van der Waals surface area (Å²) in [4.78, 5) is 23.8. The van der Waals surface area contributed by atoms with Gasteiger partial charge in [-0.3, -0.25) is 9.59 Å². The van der Waals surface area contributed by atoms with Gasteiger partial charge in [0, 0.05) is 5.69 Å². The number of carbonyl (C=O) groups excluding carboxylic acids is 2. The van der Waals surface area contributed by atoms with Crippen LogP contribution < -0.4 is 20.2 Å². The number of nitrogens with one attached hydrogen (secondary N) is 2. The minimum absolute atomic E-state index is 0.0598. The molecule has 0 spiro atoms. The highest BCUT2D eigenvalue weighted by Gasteiger charge is 2.30. The van der Waals surface area contributed by atoms with E-state index in [1.54, 1.807) is 31.4 Å². The molecule has 0 aliphatic heterocycles. The van der Waals surface area contributed by atoms with Crippen LogP contribution in [0.2, 0.25) is 0 Å². The first-order valence-corrected chi connectivity index (χ1v) is 10.4. The second-order valence-electron chi connectivity index (χ2n) is 7.30. The Morgan fingerprint density at radius 3 is 2.29 bits per heavy atom. The molecule has 35 heavy (non-hydrogen) atoms. The van der Waals surface area contributed by atoms with Crippen molar-refractivity contribution in [2.45, 2.75) is 19.2 Å². The molecule has 0 unspecified atom stereocenters. The van der Waals surface area contributed by atoms with E-state index in [0.29, 0.717) is 17.9 Å². The topological polar surface area (TPSA) is 89.0 Å². The second kappa shape index (κ2) is 11.7. The number of ether oxygens (including phenoxy) is 2. The zero-order chi connectivity index (χ0) is 25.3. The van der Waals surface area contributed by atoms with E-state index in [-0.39, 0.29) is 5.69 Å². The Hall–Kier alpha value is -4.34. The molecule has 2 amide bonds. The molecule has 0 aliphatic rings. The molecular weight excluding hydrogens is 463 g/mol. The zero-order valence-corrected chi connectivity index (χ0v) is 18.6. The minimum Gasteiger partial charge on any atom is -0.497 e. The molecule has 3 rings (SSSR count). The molecule has 3 aromatic carbocycles. The molecule has 0 aromatic heterocycles. The minimum atomic E-state index is -4.53. The number of carbonyl (C=O) groups is 2. The van der Waals surface area contributed by atoms with Gasteiger partial charge in [-0.25, -0.2) is 5.43 Å². The normalized spacial score (nSPS) is 11.2. The van der Waals surface area contributed by atoms with Crippen LogP contribution in [0, 0.1) is 0 Å². The predicted molar refractivity (Wildman–Crippen MR) is 124 cm³/mol. The number of methoxy groups -OCH3 is 1. The molecule has 2 N–H and O–H groups in total. The summed E-state index contributed by atoms with van der Waals surface area (Å²) in [7, 11) is 1.60. The van der Waals surface area contributed by atoms with Gasteiger partial charge in [-0.1, -0.05) is 18.2 Å². The number of rotatable bonds is 9. The summed E-state index contributed by atoms with van der Waals surface area (Å²) in [6.07, 6.45) is -3.75. The molecule has 0 radical (unpaired) electrons. The van der Waals surface area contributed by atoms with Crippen molar-refractivity contribution < 1.29 is 32.2 Å². The van der Waals surface area contributed by atoms with Crippen molar-refractivity contribution in [3.05, 3.63) is 89.5 Å². The van der Waals surface area contributed by atoms with Crippen molar-refractivity contribution >= 4 is 23.7 Å². The van der Waals surface area contributed by atoms with Crippen LogP contribution >= 0.6 is 0 Å². The van der Waals surface area contributed by atoms with Crippen LogP contribution in [0.15, 0.2) is 77.9 Å². The van der Waals surface area contributed by atoms with Gasteiger partial charge in [-0.05, 0) is 65.7 Å². The average molecular weight is 485 g/mol. The maximum absolute atomic E-state index is 12.7. The Morgan fingerprint density at radius 1 is 0.943 bits per heavy atom. The monoisotopic (exact) mass is 485 g/mol. The van der Waals surface area contributed by atoms with Gasteiger partial charge >= 0.3 is 6.18 Å². The van der Waals surface area contributed by atoms with Crippen molar-refractivity contribution in [1.82, 2.24) is 5.43 Å². The molecule has 10 heteroatoms. The van der Waals surface area contributed by atoms with Gasteiger partial charge in [0.05, 0.1) is 18.9 Å². The predicted octanol–water partition coefficient (Wildman–Crippen LogP) is 4.77. The van der Waals surface area contributed by atoms with Crippen LogP contribution in [0.1, 0.15) is 23.1 Å². The number of alkyl halides is 3. The van der Waals surface area contributed by atoms with Gasteiger partial charge in [0.1, 0.15) is 24.5 Å². The van der Waals surface area contributed by atoms with Crippen LogP contribution in [-0.4, -0.2) is 25.1 Å². The van der Waals surface area contributed by atoms with E-state index in [0.717, 1.165) is 29.5 Å². The van der Waals surface area contributed by atoms with Crippen LogP contribution in [0.4, 0.5) is 18.9 Å². The molecule has 0 aliphatic carbocycles. The number of hydrogen-bond donors (Lipinski definition) is 2. The summed E-state index contributed by atoms with van der Waals surface area (Å²) in [6, 6.07) is 18.6. The van der Waals surface area contributed by atoms with E-state index >= 15 is 0 Å². The number of amides is 2. The molecule has 182 valence electrons. The first-order chi connectivity index (χ1) is 16.7. The summed E-state index contributed by atoms with van der Waals surface area (Å²) >= 11 is 0. The van der Waals surface area contributed by atoms with E-state index in [1.807, 2.05) is 24.3 Å². The van der Waals surface area contributed by atoms with E-state index in [2.05, 4.69) is 15.8 Å². The van der Waals surface area contributed by atoms with E-state index < -0.39 is 30.0 Å². The smallest absolute Gasteiger partial charge is 0.416 e. The molecule has 3 aromatic rings. The van der Waals surface area contributed by atoms with Crippen molar-refractivity contribution in [3.8, 4) is 11.5 Å². The van der Waals surface area contributed by atoms with Crippen LogP contribution in [0.25, 0.3) is 0 Å². The molecule has 0 bridgehead atoms. The van der Waals surface area contributed by atoms with Gasteiger partial charge in [0.2, 0.25) is 11.8 Å². The standard InChI is InChI=1S/C25H22F3N3O4/c1-34-21-9-7-18(8-10-21)16-35-22-11-5-17(6-12-22)15-29-31-24(33)14-23(32)30-20-4-2-3-19(13-20)25(26,27)28/h2-13,15H,14,16H2,1H3,(H,30,32)(H,31,33). The lowest BCUT2D eigenvalue weighted by molar-refractivity contribution is -0.137. The Balaban J connectivity index is 1.43. The number of benzene rings is 3. The molecule has 0 saturated heterocycles. The quantitative estimate of drug-likeness (QED) is 0.260. The Morgan fingerprint density at radius 2 is 1.63 bits per heavy atom. The maximum Gasteiger partial charge on any atom is 0.416 e. The van der Waals surface area contributed by atoms with E-state index in [1.165, 1.54) is 12.3 Å². The molecule has 0 heterocycles. The lowest BCUT2D eigenvalue weighted by Gasteiger charge is -2.09. The number of anilines is 1. The average Bonchev–Trinajstić information content (AvgIpc) is 2.83. The maximum atomic E-state index is 12.7. The van der Waals surface area contributed by atoms with Crippen LogP contribution in [-0.2, 0) is 22.4 Å². The summed E-state index contributed by atoms with van der Waals surface area (Å²) in [5, 5.41) is 6.04. The first kappa shape index (κ1) is 25.3. The van der Waals surface area contributed by atoms with Crippen molar-refractivity contribution in [2.75, 3.05) is 12.4 Å². The highest BCUT2D eigenvalue weighted by Crippen LogP contribution is 2.30. The fourth-order valence-electron chi connectivity index (χ4n) is 2.88. The molecular formula is C25H22F3N3O4. The Kier molecular flexibility index (Phi) is 8.44. The first-order valence-electron chi connectivity index (χ1n) is 10.4. The molecule has 7 nitrogen and oxygen atoms in total. The van der Waals surface area contributed by atoms with Gasteiger partial charge in [-0.15, -0.1) is 0 Å². The van der Waals surface area contributed by atoms with Gasteiger partial charge in [0.15, 0.2) is 0 Å². The Labute approximate surface area is 199 Å². The molecule has 0 fully saturated rings. The van der Waals surface area contributed by atoms with Gasteiger partial charge < -0.3 is 14.8 Å². The highest BCUT2D eigenvalue weighted by atomic mass is 19.4. The lowest BCUT2D eigenvalue weighted by atomic mass is 10.2. The van der Waals surface area contributed by atoms with Crippen molar-refractivity contribution in [1.29, 1.82) is 0 Å². The third-order valence-corrected chi connectivity index (χ3v) is 4.64. The summed E-state index contributed by atoms with van der Waals surface area (Å²) < 4.78 is 49.1. The van der Waals surface area contributed by atoms with Gasteiger partial charge in [-0.2, -0.15) is 18.3 Å². The fraction of sp³-hybridized carbons (Fsp3) is 0.160.